The van der Waals surface area contributed by atoms with Gasteiger partial charge in [0.15, 0.2) is 11.6 Å². The first-order chi connectivity index (χ1) is 13.5. The van der Waals surface area contributed by atoms with E-state index >= 15 is 0 Å². The van der Waals surface area contributed by atoms with E-state index in [0.717, 1.165) is 24.0 Å². The summed E-state index contributed by atoms with van der Waals surface area (Å²) in [5, 5.41) is 0. The van der Waals surface area contributed by atoms with Crippen molar-refractivity contribution in [2.24, 2.45) is 0 Å². The summed E-state index contributed by atoms with van der Waals surface area (Å²) in [5.41, 5.74) is -1.86. The third kappa shape index (κ3) is 4.55. The molecule has 1 heterocycles. The Labute approximate surface area is 167 Å². The monoisotopic (exact) mass is 430 g/mol. The molecule has 0 amide bonds. The van der Waals surface area contributed by atoms with E-state index in [0.29, 0.717) is 6.07 Å². The van der Waals surface area contributed by atoms with E-state index in [4.69, 9.17) is 9.47 Å². The predicted octanol–water partition coefficient (Wildman–Crippen LogP) is 5.74. The lowest BCUT2D eigenvalue weighted by molar-refractivity contribution is -0.176. The van der Waals surface area contributed by atoms with Crippen LogP contribution >= 0.6 is 11.8 Å². The fraction of sp³-hybridized carbons (Fsp3) is 0.250. The van der Waals surface area contributed by atoms with Crippen molar-refractivity contribution in [1.82, 2.24) is 0 Å². The topological polar surface area (TPSA) is 35.5 Å². The number of benzene rings is 2. The third-order valence-electron chi connectivity index (χ3n) is 4.29. The lowest BCUT2D eigenvalue weighted by atomic mass is 9.87. The van der Waals surface area contributed by atoms with Crippen molar-refractivity contribution in [2.45, 2.75) is 30.0 Å². The van der Waals surface area contributed by atoms with Gasteiger partial charge in [-0.15, -0.1) is 11.8 Å². The van der Waals surface area contributed by atoms with Crippen LogP contribution in [-0.4, -0.2) is 24.0 Å². The van der Waals surface area contributed by atoms with E-state index in [1.165, 1.54) is 11.8 Å². The molecule has 0 aliphatic carbocycles. The fourth-order valence-electron chi connectivity index (χ4n) is 3.10. The maximum atomic E-state index is 13.5. The Hall–Kier alpha value is -2.55. The van der Waals surface area contributed by atoms with Crippen LogP contribution < -0.4 is 4.74 Å². The molecule has 29 heavy (non-hydrogen) atoms. The number of cyclic esters (lactones) is 1. The highest BCUT2D eigenvalue weighted by Gasteiger charge is 2.52. The lowest BCUT2D eigenvalue weighted by Gasteiger charge is -2.27. The minimum Gasteiger partial charge on any atom is -0.449 e. The Morgan fingerprint density at radius 3 is 2.28 bits per heavy atom. The van der Waals surface area contributed by atoms with Gasteiger partial charge in [-0.2, -0.15) is 13.2 Å². The quantitative estimate of drug-likeness (QED) is 0.344. The van der Waals surface area contributed by atoms with E-state index in [2.05, 4.69) is 0 Å². The number of carbonyl (C=O) groups excluding carboxylic acids is 1. The molecule has 1 aliphatic rings. The molecule has 0 unspecified atom stereocenters. The van der Waals surface area contributed by atoms with Gasteiger partial charge in [-0.1, -0.05) is 12.1 Å². The molecule has 3 rings (SSSR count). The average molecular weight is 430 g/mol. The van der Waals surface area contributed by atoms with Crippen LogP contribution in [-0.2, 0) is 9.53 Å². The molecular formula is C20H15F5O3S. The van der Waals surface area contributed by atoms with Crippen LogP contribution in [0.2, 0.25) is 0 Å². The molecule has 0 fully saturated rings. The highest BCUT2D eigenvalue weighted by atomic mass is 32.2. The van der Waals surface area contributed by atoms with Crippen molar-refractivity contribution in [2.75, 3.05) is 6.26 Å². The van der Waals surface area contributed by atoms with E-state index in [1.54, 1.807) is 24.3 Å². The van der Waals surface area contributed by atoms with Gasteiger partial charge in [0.05, 0.1) is 12.0 Å². The zero-order valence-corrected chi connectivity index (χ0v) is 16.1. The second-order valence-corrected chi connectivity index (χ2v) is 7.40. The number of hydrogen-bond acceptors (Lipinski definition) is 4. The number of alkyl halides is 3. The summed E-state index contributed by atoms with van der Waals surface area (Å²) in [6.07, 6.45) is -4.23. The van der Waals surface area contributed by atoms with Gasteiger partial charge in [-0.25, -0.2) is 13.6 Å². The minimum atomic E-state index is -4.63. The second-order valence-electron chi connectivity index (χ2n) is 6.52. The molecule has 154 valence electrons. The van der Waals surface area contributed by atoms with Crippen LogP contribution in [0.15, 0.2) is 53.1 Å². The Bertz CT molecular complexity index is 969. The van der Waals surface area contributed by atoms with Crippen molar-refractivity contribution in [1.29, 1.82) is 0 Å². The molecule has 0 N–H and O–H groups in total. The number of thioether (sulfide) groups is 1. The van der Waals surface area contributed by atoms with E-state index in [9.17, 15) is 26.7 Å². The first-order valence-electron chi connectivity index (χ1n) is 8.34. The fourth-order valence-corrected chi connectivity index (χ4v) is 3.50. The van der Waals surface area contributed by atoms with Gasteiger partial charge in [-0.05, 0) is 43.0 Å². The van der Waals surface area contributed by atoms with Crippen molar-refractivity contribution in [3.05, 3.63) is 65.4 Å². The van der Waals surface area contributed by atoms with Crippen molar-refractivity contribution in [3.8, 4) is 5.75 Å². The third-order valence-corrected chi connectivity index (χ3v) is 5.03. The van der Waals surface area contributed by atoms with Crippen LogP contribution in [0.25, 0.3) is 5.57 Å². The van der Waals surface area contributed by atoms with Gasteiger partial charge in [0.25, 0.3) is 0 Å². The van der Waals surface area contributed by atoms with Crippen LogP contribution in [0.5, 0.6) is 5.75 Å². The van der Waals surface area contributed by atoms with Crippen LogP contribution in [0.1, 0.15) is 18.9 Å². The van der Waals surface area contributed by atoms with Gasteiger partial charge >= 0.3 is 12.1 Å². The number of hydrogen-bond donors (Lipinski definition) is 0. The van der Waals surface area contributed by atoms with Crippen molar-refractivity contribution >= 4 is 23.3 Å². The van der Waals surface area contributed by atoms with E-state index < -0.39 is 41.6 Å². The molecule has 0 spiro atoms. The molecule has 2 aromatic rings. The van der Waals surface area contributed by atoms with Gasteiger partial charge in [-0.3, -0.25) is 0 Å². The zero-order chi connectivity index (χ0) is 21.4. The first kappa shape index (κ1) is 21.2. The zero-order valence-electron chi connectivity index (χ0n) is 15.3. The summed E-state index contributed by atoms with van der Waals surface area (Å²) in [4.78, 5) is 13.3. The molecule has 2 aromatic carbocycles. The molecule has 0 aromatic heterocycles. The minimum absolute atomic E-state index is 0.114. The van der Waals surface area contributed by atoms with Crippen molar-refractivity contribution < 1.29 is 36.2 Å². The lowest BCUT2D eigenvalue weighted by Crippen LogP contribution is -2.33. The van der Waals surface area contributed by atoms with Crippen LogP contribution in [0.4, 0.5) is 22.0 Å². The molecule has 3 nitrogen and oxygen atoms in total. The summed E-state index contributed by atoms with van der Waals surface area (Å²) < 4.78 is 76.6. The van der Waals surface area contributed by atoms with Crippen LogP contribution in [0, 0.1) is 11.6 Å². The maximum absolute atomic E-state index is 13.5. The molecule has 1 aliphatic heterocycles. The van der Waals surface area contributed by atoms with E-state index in [1.807, 2.05) is 6.26 Å². The molecule has 0 saturated heterocycles. The standard InChI is InChI=1S/C20H15F5O3S/c1-19(10-20(23,24)25)16(11-3-6-13(29-2)7-4-11)17(18(26)28-19)27-12-5-8-14(21)15(22)9-12/h3-9H,10H2,1-2H3/t19-/m1/s1. The maximum Gasteiger partial charge on any atom is 0.393 e. The second kappa shape index (κ2) is 7.70. The SMILES string of the molecule is CSc1ccc(C2=C(Oc3ccc(F)c(F)c3)C(=O)O[C@]2(C)CC(F)(F)F)cc1. The summed E-state index contributed by atoms with van der Waals surface area (Å²) in [6.45, 7) is 1.14. The van der Waals surface area contributed by atoms with Gasteiger partial charge in [0.1, 0.15) is 11.4 Å². The summed E-state index contributed by atoms with van der Waals surface area (Å²) >= 11 is 1.43. The molecule has 0 saturated carbocycles. The highest BCUT2D eigenvalue weighted by molar-refractivity contribution is 7.98. The Kier molecular flexibility index (Phi) is 5.62. The molecule has 0 radical (unpaired) electrons. The summed E-state index contributed by atoms with van der Waals surface area (Å²) in [7, 11) is 0. The summed E-state index contributed by atoms with van der Waals surface area (Å²) in [5.74, 6) is -4.22. The molecule has 9 heteroatoms. The highest BCUT2D eigenvalue weighted by Crippen LogP contribution is 2.46. The Balaban J connectivity index is 2.12. The molecular weight excluding hydrogens is 415 g/mol. The number of carbonyl (C=O) groups is 1. The number of ether oxygens (including phenoxy) is 2. The number of rotatable bonds is 5. The number of halogens is 5. The largest absolute Gasteiger partial charge is 0.449 e. The Morgan fingerprint density at radius 2 is 1.72 bits per heavy atom. The smallest absolute Gasteiger partial charge is 0.393 e. The van der Waals surface area contributed by atoms with Gasteiger partial charge in [0, 0.05) is 11.0 Å². The van der Waals surface area contributed by atoms with Gasteiger partial charge < -0.3 is 9.47 Å². The predicted molar refractivity (Wildman–Crippen MR) is 97.3 cm³/mol. The Morgan fingerprint density at radius 1 is 1.07 bits per heavy atom. The number of esters is 1. The van der Waals surface area contributed by atoms with Crippen molar-refractivity contribution in [3.63, 3.8) is 0 Å². The normalized spacial score (nSPS) is 19.5. The van der Waals surface area contributed by atoms with Crippen LogP contribution in [0.3, 0.4) is 0 Å². The average Bonchev–Trinajstić information content (AvgIpc) is 2.86. The molecule has 1 atom stereocenters. The summed E-state index contributed by atoms with van der Waals surface area (Å²) in [6, 6.07) is 9.00. The van der Waals surface area contributed by atoms with E-state index in [-0.39, 0.29) is 16.9 Å². The first-order valence-corrected chi connectivity index (χ1v) is 9.57. The molecule has 0 bridgehead atoms. The van der Waals surface area contributed by atoms with Gasteiger partial charge in [0.2, 0.25) is 5.76 Å².